The van der Waals surface area contributed by atoms with Gasteiger partial charge < -0.3 is 10.1 Å². The third kappa shape index (κ3) is 6.93. The Bertz CT molecular complexity index is 673. The second kappa shape index (κ2) is 11.1. The van der Waals surface area contributed by atoms with Crippen molar-refractivity contribution >= 4 is 29.3 Å². The summed E-state index contributed by atoms with van der Waals surface area (Å²) in [5, 5.41) is 3.72. The van der Waals surface area contributed by atoms with Crippen LogP contribution in [0.1, 0.15) is 31.4 Å². The fraction of sp³-hybridized carbons (Fsp3) is 0.381. The lowest BCUT2D eigenvalue weighted by Gasteiger charge is -2.17. The van der Waals surface area contributed by atoms with Gasteiger partial charge >= 0.3 is 0 Å². The molecule has 1 N–H and O–H groups in total. The van der Waals surface area contributed by atoms with Gasteiger partial charge in [-0.3, -0.25) is 4.79 Å². The van der Waals surface area contributed by atoms with Crippen molar-refractivity contribution in [3.05, 3.63) is 64.7 Å². The highest BCUT2D eigenvalue weighted by Crippen LogP contribution is 2.16. The van der Waals surface area contributed by atoms with Gasteiger partial charge in [-0.1, -0.05) is 49.7 Å². The molecule has 140 valence electrons. The number of thioether (sulfide) groups is 1. The molecule has 2 aromatic rings. The van der Waals surface area contributed by atoms with E-state index < -0.39 is 6.10 Å². The zero-order valence-electron chi connectivity index (χ0n) is 15.3. The van der Waals surface area contributed by atoms with Crippen molar-refractivity contribution in [2.24, 2.45) is 0 Å². The predicted molar refractivity (Wildman–Crippen MR) is 111 cm³/mol. The molecule has 0 aliphatic carbocycles. The zero-order chi connectivity index (χ0) is 18.8. The van der Waals surface area contributed by atoms with Gasteiger partial charge in [0.25, 0.3) is 5.91 Å². The van der Waals surface area contributed by atoms with Crippen LogP contribution >= 0.6 is 23.4 Å². The molecule has 2 rings (SSSR count). The van der Waals surface area contributed by atoms with Gasteiger partial charge in [0.15, 0.2) is 6.10 Å². The normalized spacial score (nSPS) is 11.8. The lowest BCUT2D eigenvalue weighted by atomic mass is 10.2. The number of nitrogens with one attached hydrogen (secondary N) is 1. The second-order valence-corrected chi connectivity index (χ2v) is 7.52. The summed E-state index contributed by atoms with van der Waals surface area (Å²) in [6.45, 7) is 4.70. The Labute approximate surface area is 165 Å². The lowest BCUT2D eigenvalue weighted by molar-refractivity contribution is -0.127. The summed E-state index contributed by atoms with van der Waals surface area (Å²) in [6.07, 6.45) is 1.18. The molecule has 2 aromatic carbocycles. The van der Waals surface area contributed by atoms with Crippen molar-refractivity contribution in [3.63, 3.8) is 0 Å². The molecule has 0 fully saturated rings. The standard InChI is InChI=1S/C21H26ClNO2S/c1-3-16-7-11-19(12-8-16)25-20(4-2)21(24)23-13-14-26-15-17-5-9-18(22)10-6-17/h5-12,20H,3-4,13-15H2,1-2H3,(H,23,24)/t20-/m0/s1. The minimum Gasteiger partial charge on any atom is -0.481 e. The van der Waals surface area contributed by atoms with Gasteiger partial charge in [0, 0.05) is 23.1 Å². The van der Waals surface area contributed by atoms with Crippen LogP contribution in [0.4, 0.5) is 0 Å². The van der Waals surface area contributed by atoms with E-state index in [1.165, 1.54) is 11.1 Å². The summed E-state index contributed by atoms with van der Waals surface area (Å²) in [5.74, 6) is 2.45. The number of carbonyl (C=O) groups is 1. The van der Waals surface area contributed by atoms with Crippen molar-refractivity contribution in [1.29, 1.82) is 0 Å². The maximum Gasteiger partial charge on any atom is 0.261 e. The summed E-state index contributed by atoms with van der Waals surface area (Å²) in [5.41, 5.74) is 2.49. The molecular weight excluding hydrogens is 366 g/mol. The molecule has 0 radical (unpaired) electrons. The van der Waals surface area contributed by atoms with Crippen LogP contribution in [0.15, 0.2) is 48.5 Å². The Kier molecular flexibility index (Phi) is 8.86. The van der Waals surface area contributed by atoms with Crippen LogP contribution in [-0.2, 0) is 17.0 Å². The SMILES string of the molecule is CCc1ccc(O[C@@H](CC)C(=O)NCCSCc2ccc(Cl)cc2)cc1. The lowest BCUT2D eigenvalue weighted by Crippen LogP contribution is -2.39. The maximum absolute atomic E-state index is 12.3. The van der Waals surface area contributed by atoms with Gasteiger partial charge in [-0.05, 0) is 48.2 Å². The van der Waals surface area contributed by atoms with Crippen LogP contribution in [0.3, 0.4) is 0 Å². The molecule has 0 aliphatic heterocycles. The number of halogens is 1. The summed E-state index contributed by atoms with van der Waals surface area (Å²) in [7, 11) is 0. The fourth-order valence-electron chi connectivity index (χ4n) is 2.42. The summed E-state index contributed by atoms with van der Waals surface area (Å²) in [4.78, 5) is 12.3. The first-order valence-electron chi connectivity index (χ1n) is 8.97. The molecule has 3 nitrogen and oxygen atoms in total. The third-order valence-corrected chi connectivity index (χ3v) is 5.28. The number of rotatable bonds is 10. The average molecular weight is 392 g/mol. The summed E-state index contributed by atoms with van der Waals surface area (Å²) in [6, 6.07) is 15.8. The summed E-state index contributed by atoms with van der Waals surface area (Å²) < 4.78 is 5.83. The number of amides is 1. The molecule has 0 saturated carbocycles. The number of hydrogen-bond donors (Lipinski definition) is 1. The highest BCUT2D eigenvalue weighted by Gasteiger charge is 2.17. The van der Waals surface area contributed by atoms with Crippen LogP contribution in [-0.4, -0.2) is 24.3 Å². The first-order valence-corrected chi connectivity index (χ1v) is 10.5. The van der Waals surface area contributed by atoms with E-state index in [9.17, 15) is 4.79 Å². The summed E-state index contributed by atoms with van der Waals surface area (Å²) >= 11 is 7.66. The first kappa shape index (κ1) is 20.7. The molecule has 5 heteroatoms. The van der Waals surface area contributed by atoms with Gasteiger partial charge in [-0.2, -0.15) is 11.8 Å². The van der Waals surface area contributed by atoms with Crippen LogP contribution in [0.2, 0.25) is 5.02 Å². The van der Waals surface area contributed by atoms with E-state index >= 15 is 0 Å². The van der Waals surface area contributed by atoms with Crippen LogP contribution in [0.25, 0.3) is 0 Å². The molecular formula is C21H26ClNO2S. The quantitative estimate of drug-likeness (QED) is 0.572. The van der Waals surface area contributed by atoms with E-state index in [-0.39, 0.29) is 5.91 Å². The second-order valence-electron chi connectivity index (χ2n) is 5.98. The number of carbonyl (C=O) groups excluding carboxylic acids is 1. The topological polar surface area (TPSA) is 38.3 Å². The van der Waals surface area contributed by atoms with E-state index in [1.807, 2.05) is 55.5 Å². The molecule has 0 bridgehead atoms. The highest BCUT2D eigenvalue weighted by atomic mass is 35.5. The van der Waals surface area contributed by atoms with Crippen LogP contribution in [0, 0.1) is 0 Å². The number of ether oxygens (including phenoxy) is 1. The molecule has 26 heavy (non-hydrogen) atoms. The van der Waals surface area contributed by atoms with Crippen molar-refractivity contribution < 1.29 is 9.53 Å². The Hall–Kier alpha value is -1.65. The number of aryl methyl sites for hydroxylation is 1. The monoisotopic (exact) mass is 391 g/mol. The van der Waals surface area contributed by atoms with E-state index in [1.54, 1.807) is 11.8 Å². The molecule has 0 aliphatic rings. The molecule has 0 spiro atoms. The largest absolute Gasteiger partial charge is 0.481 e. The fourth-order valence-corrected chi connectivity index (χ4v) is 3.37. The van der Waals surface area contributed by atoms with Gasteiger partial charge in [-0.15, -0.1) is 0 Å². The van der Waals surface area contributed by atoms with Crippen LogP contribution in [0.5, 0.6) is 5.75 Å². The zero-order valence-corrected chi connectivity index (χ0v) is 16.9. The van der Waals surface area contributed by atoms with E-state index in [2.05, 4.69) is 12.2 Å². The van der Waals surface area contributed by atoms with Crippen LogP contribution < -0.4 is 10.1 Å². The highest BCUT2D eigenvalue weighted by molar-refractivity contribution is 7.98. The van der Waals surface area contributed by atoms with Crippen molar-refractivity contribution in [2.45, 2.75) is 38.5 Å². The maximum atomic E-state index is 12.3. The van der Waals surface area contributed by atoms with Gasteiger partial charge in [-0.25, -0.2) is 0 Å². The first-order chi connectivity index (χ1) is 12.6. The molecule has 0 aromatic heterocycles. The van der Waals surface area contributed by atoms with Crippen molar-refractivity contribution in [3.8, 4) is 5.75 Å². The molecule has 1 amide bonds. The van der Waals surface area contributed by atoms with E-state index in [4.69, 9.17) is 16.3 Å². The third-order valence-electron chi connectivity index (χ3n) is 4.00. The van der Waals surface area contributed by atoms with E-state index in [0.717, 1.165) is 28.7 Å². The average Bonchev–Trinajstić information content (AvgIpc) is 2.67. The minimum absolute atomic E-state index is 0.0563. The molecule has 0 heterocycles. The molecule has 0 saturated heterocycles. The molecule has 1 atom stereocenters. The Morgan fingerprint density at radius 2 is 1.73 bits per heavy atom. The smallest absolute Gasteiger partial charge is 0.261 e. The van der Waals surface area contributed by atoms with Crippen molar-refractivity contribution in [1.82, 2.24) is 5.32 Å². The predicted octanol–water partition coefficient (Wildman–Crippen LogP) is 5.11. The van der Waals surface area contributed by atoms with E-state index in [0.29, 0.717) is 13.0 Å². The van der Waals surface area contributed by atoms with Gasteiger partial charge in [0.1, 0.15) is 5.75 Å². The Morgan fingerprint density at radius 3 is 2.35 bits per heavy atom. The number of hydrogen-bond acceptors (Lipinski definition) is 3. The molecule has 0 unspecified atom stereocenters. The minimum atomic E-state index is -0.455. The number of benzene rings is 2. The van der Waals surface area contributed by atoms with Gasteiger partial charge in [0.05, 0.1) is 0 Å². The van der Waals surface area contributed by atoms with Crippen molar-refractivity contribution in [2.75, 3.05) is 12.3 Å². The van der Waals surface area contributed by atoms with Gasteiger partial charge in [0.2, 0.25) is 0 Å². The Morgan fingerprint density at radius 1 is 1.08 bits per heavy atom. The Balaban J connectivity index is 1.69.